The molecule has 0 aliphatic carbocycles. The molecule has 0 saturated heterocycles. The molecule has 2 N–H and O–H groups in total. The standard InChI is InChI=1S/C21H21NO2.2C2H6/c1-3-10-19(24-21-14-9-8-13-20(21)22)15-18(4-2)23-16-17-11-6-5-7-12-17;2*1-2/h3-15H,1-2,16,22H2;2*1-2H3/b18-15+,19-10+;;. The number of rotatable bonds is 8. The first-order valence-corrected chi connectivity index (χ1v) is 9.59. The predicted molar refractivity (Wildman–Crippen MR) is 122 cm³/mol. The van der Waals surface area contributed by atoms with Crippen LogP contribution in [0.3, 0.4) is 0 Å². The summed E-state index contributed by atoms with van der Waals surface area (Å²) in [7, 11) is 0. The number of hydrogen-bond donors (Lipinski definition) is 1. The highest BCUT2D eigenvalue weighted by molar-refractivity contribution is 5.53. The first-order valence-electron chi connectivity index (χ1n) is 9.59. The second kappa shape index (κ2) is 16.0. The summed E-state index contributed by atoms with van der Waals surface area (Å²) in [6.45, 7) is 15.9. The van der Waals surface area contributed by atoms with Crippen LogP contribution in [0.1, 0.15) is 33.3 Å². The maximum absolute atomic E-state index is 5.91. The van der Waals surface area contributed by atoms with Crippen molar-refractivity contribution in [2.24, 2.45) is 0 Å². The van der Waals surface area contributed by atoms with Gasteiger partial charge in [-0.3, -0.25) is 0 Å². The lowest BCUT2D eigenvalue weighted by atomic mass is 10.2. The van der Waals surface area contributed by atoms with Crippen molar-refractivity contribution in [3.63, 3.8) is 0 Å². The van der Waals surface area contributed by atoms with Crippen LogP contribution in [0.25, 0.3) is 0 Å². The maximum Gasteiger partial charge on any atom is 0.150 e. The van der Waals surface area contributed by atoms with Crippen LogP contribution in [0.5, 0.6) is 5.75 Å². The molecular formula is C25H33NO2. The molecule has 0 radical (unpaired) electrons. The number of ether oxygens (including phenoxy) is 2. The van der Waals surface area contributed by atoms with Crippen molar-refractivity contribution in [1.29, 1.82) is 0 Å². The fourth-order valence-corrected chi connectivity index (χ4v) is 1.97. The average Bonchev–Trinajstić information content (AvgIpc) is 2.76. The van der Waals surface area contributed by atoms with Crippen LogP contribution < -0.4 is 10.5 Å². The number of para-hydroxylation sites is 2. The number of nitrogens with two attached hydrogens (primary N) is 1. The third-order valence-corrected chi connectivity index (χ3v) is 3.16. The molecule has 2 rings (SSSR count). The van der Waals surface area contributed by atoms with Crippen LogP contribution in [0.15, 0.2) is 104 Å². The molecule has 2 aromatic carbocycles. The first-order chi connectivity index (χ1) is 13.7. The highest BCUT2D eigenvalue weighted by Gasteiger charge is 2.04. The Morgan fingerprint density at radius 3 is 2.07 bits per heavy atom. The van der Waals surface area contributed by atoms with Gasteiger partial charge < -0.3 is 15.2 Å². The third-order valence-electron chi connectivity index (χ3n) is 3.16. The minimum Gasteiger partial charge on any atom is -0.489 e. The number of hydrogen-bond acceptors (Lipinski definition) is 3. The molecule has 150 valence electrons. The fraction of sp³-hybridized carbons (Fsp3) is 0.200. The zero-order valence-electron chi connectivity index (χ0n) is 17.5. The molecule has 0 heterocycles. The molecule has 0 amide bonds. The van der Waals surface area contributed by atoms with Crippen molar-refractivity contribution >= 4 is 5.69 Å². The molecular weight excluding hydrogens is 346 g/mol. The normalized spacial score (nSPS) is 10.4. The van der Waals surface area contributed by atoms with Gasteiger partial charge in [-0.05, 0) is 29.8 Å². The Morgan fingerprint density at radius 1 is 0.893 bits per heavy atom. The van der Waals surface area contributed by atoms with Gasteiger partial charge in [-0.15, -0.1) is 0 Å². The number of benzene rings is 2. The lowest BCUT2D eigenvalue weighted by Crippen LogP contribution is -1.99. The molecule has 0 aliphatic heterocycles. The fourth-order valence-electron chi connectivity index (χ4n) is 1.97. The smallest absolute Gasteiger partial charge is 0.150 e. The van der Waals surface area contributed by atoms with Crippen molar-refractivity contribution in [1.82, 2.24) is 0 Å². The number of allylic oxidation sites excluding steroid dienone is 4. The summed E-state index contributed by atoms with van der Waals surface area (Å²) < 4.78 is 11.6. The quantitative estimate of drug-likeness (QED) is 0.303. The molecule has 0 bridgehead atoms. The van der Waals surface area contributed by atoms with Gasteiger partial charge in [0, 0.05) is 6.08 Å². The van der Waals surface area contributed by atoms with Gasteiger partial charge in [0.05, 0.1) is 5.69 Å². The van der Waals surface area contributed by atoms with Gasteiger partial charge in [0.15, 0.2) is 0 Å². The predicted octanol–water partition coefficient (Wildman–Crippen LogP) is 7.06. The van der Waals surface area contributed by atoms with Crippen molar-refractivity contribution in [3.05, 3.63) is 109 Å². The van der Waals surface area contributed by atoms with E-state index in [2.05, 4.69) is 13.2 Å². The van der Waals surface area contributed by atoms with E-state index in [9.17, 15) is 0 Å². The van der Waals surface area contributed by atoms with Gasteiger partial charge in [0.2, 0.25) is 0 Å². The zero-order valence-corrected chi connectivity index (χ0v) is 17.5. The SMILES string of the molecule is C=C/C=C(\C=C(/C=C)OCc1ccccc1)Oc1ccccc1N.CC.CC. The van der Waals surface area contributed by atoms with E-state index in [1.807, 2.05) is 70.2 Å². The van der Waals surface area contributed by atoms with Crippen LogP contribution in [-0.2, 0) is 11.3 Å². The Morgan fingerprint density at radius 2 is 1.50 bits per heavy atom. The van der Waals surface area contributed by atoms with E-state index in [1.54, 1.807) is 36.4 Å². The van der Waals surface area contributed by atoms with Crippen LogP contribution in [-0.4, -0.2) is 0 Å². The molecule has 0 saturated carbocycles. The molecule has 0 spiro atoms. The molecule has 0 aromatic heterocycles. The van der Waals surface area contributed by atoms with E-state index in [-0.39, 0.29) is 0 Å². The first kappa shape index (κ1) is 24.8. The van der Waals surface area contributed by atoms with E-state index in [1.165, 1.54) is 0 Å². The van der Waals surface area contributed by atoms with E-state index < -0.39 is 0 Å². The summed E-state index contributed by atoms with van der Waals surface area (Å²) in [5, 5.41) is 0. The monoisotopic (exact) mass is 379 g/mol. The second-order valence-corrected chi connectivity index (χ2v) is 4.97. The van der Waals surface area contributed by atoms with Crippen LogP contribution >= 0.6 is 0 Å². The van der Waals surface area contributed by atoms with E-state index in [4.69, 9.17) is 15.2 Å². The van der Waals surface area contributed by atoms with E-state index >= 15 is 0 Å². The van der Waals surface area contributed by atoms with Crippen LogP contribution in [0, 0.1) is 0 Å². The number of nitrogen functional groups attached to an aromatic ring is 1. The van der Waals surface area contributed by atoms with Crippen molar-refractivity contribution < 1.29 is 9.47 Å². The highest BCUT2D eigenvalue weighted by atomic mass is 16.5. The van der Waals surface area contributed by atoms with Crippen molar-refractivity contribution in [2.75, 3.05) is 5.73 Å². The molecule has 2 aromatic rings. The van der Waals surface area contributed by atoms with E-state index in [0.717, 1.165) is 5.56 Å². The Hall–Kier alpha value is -3.20. The molecule has 0 unspecified atom stereocenters. The molecule has 0 fully saturated rings. The lowest BCUT2D eigenvalue weighted by Gasteiger charge is -2.11. The van der Waals surface area contributed by atoms with Gasteiger partial charge in [-0.2, -0.15) is 0 Å². The molecule has 0 aliphatic rings. The minimum absolute atomic E-state index is 0.452. The summed E-state index contributed by atoms with van der Waals surface area (Å²) in [4.78, 5) is 0. The topological polar surface area (TPSA) is 44.5 Å². The van der Waals surface area contributed by atoms with Gasteiger partial charge in [-0.25, -0.2) is 0 Å². The minimum atomic E-state index is 0.452. The average molecular weight is 380 g/mol. The Kier molecular flexibility index (Phi) is 14.2. The maximum atomic E-state index is 5.91. The van der Waals surface area contributed by atoms with Gasteiger partial charge >= 0.3 is 0 Å². The molecule has 28 heavy (non-hydrogen) atoms. The van der Waals surface area contributed by atoms with Gasteiger partial charge in [-0.1, -0.05) is 89.4 Å². The number of anilines is 1. The van der Waals surface area contributed by atoms with Crippen molar-refractivity contribution in [3.8, 4) is 5.75 Å². The Bertz CT molecular complexity index is 746. The van der Waals surface area contributed by atoms with Crippen LogP contribution in [0.2, 0.25) is 0 Å². The second-order valence-electron chi connectivity index (χ2n) is 4.97. The molecule has 3 heteroatoms. The van der Waals surface area contributed by atoms with Gasteiger partial charge in [0.1, 0.15) is 23.9 Å². The Labute approximate surface area is 170 Å². The van der Waals surface area contributed by atoms with Crippen LogP contribution in [0.4, 0.5) is 5.69 Å². The molecule has 0 atom stereocenters. The van der Waals surface area contributed by atoms with E-state index in [0.29, 0.717) is 29.6 Å². The largest absolute Gasteiger partial charge is 0.489 e. The lowest BCUT2D eigenvalue weighted by molar-refractivity contribution is 0.210. The van der Waals surface area contributed by atoms with Crippen molar-refractivity contribution in [2.45, 2.75) is 34.3 Å². The Balaban J connectivity index is 0.00000171. The summed E-state index contributed by atoms with van der Waals surface area (Å²) in [6, 6.07) is 17.2. The van der Waals surface area contributed by atoms with Gasteiger partial charge in [0.25, 0.3) is 0 Å². The summed E-state index contributed by atoms with van der Waals surface area (Å²) in [5.41, 5.74) is 7.55. The summed E-state index contributed by atoms with van der Waals surface area (Å²) >= 11 is 0. The zero-order chi connectivity index (χ0) is 21.2. The highest BCUT2D eigenvalue weighted by Crippen LogP contribution is 2.23. The molecule has 3 nitrogen and oxygen atoms in total. The summed E-state index contributed by atoms with van der Waals surface area (Å²) in [6.07, 6.45) is 6.77. The summed E-state index contributed by atoms with van der Waals surface area (Å²) in [5.74, 6) is 1.74. The third kappa shape index (κ3) is 9.48.